The summed E-state index contributed by atoms with van der Waals surface area (Å²) in [5.41, 5.74) is 6.84. The number of hydrogen-bond acceptors (Lipinski definition) is 3. The van der Waals surface area contributed by atoms with E-state index in [4.69, 9.17) is 0 Å². The van der Waals surface area contributed by atoms with Crippen LogP contribution < -0.4 is 4.72 Å². The normalized spacial score (nSPS) is 20.4. The minimum absolute atomic E-state index is 0.579. The molecule has 26 heavy (non-hydrogen) atoms. The molecule has 1 N–H and O–H groups in total. The maximum atomic E-state index is 11.5. The van der Waals surface area contributed by atoms with Gasteiger partial charge in [0.25, 0.3) is 0 Å². The number of hydrogen-bond donors (Lipinski definition) is 1. The average Bonchev–Trinajstić information content (AvgIpc) is 2.77. The molecule has 0 amide bonds. The zero-order valence-electron chi connectivity index (χ0n) is 14.4. The van der Waals surface area contributed by atoms with Gasteiger partial charge in [0, 0.05) is 17.0 Å². The molecular weight excluding hydrogens is 362 g/mol. The van der Waals surface area contributed by atoms with Gasteiger partial charge < -0.3 is 0 Å². The van der Waals surface area contributed by atoms with Gasteiger partial charge in [-0.15, -0.1) is 11.8 Å². The lowest BCUT2D eigenvalue weighted by Gasteiger charge is -2.14. The first-order valence-corrected chi connectivity index (χ1v) is 11.2. The van der Waals surface area contributed by atoms with E-state index >= 15 is 0 Å². The molecule has 4 rings (SSSR count). The van der Waals surface area contributed by atoms with Crippen molar-refractivity contribution >= 4 is 33.5 Å². The van der Waals surface area contributed by atoms with Crippen LogP contribution in [-0.2, 0) is 10.0 Å². The minimum atomic E-state index is -3.28. The largest absolute Gasteiger partial charge is 0.284 e. The van der Waals surface area contributed by atoms with Gasteiger partial charge in [0.15, 0.2) is 0 Å². The minimum Gasteiger partial charge on any atom is -0.284 e. The van der Waals surface area contributed by atoms with Crippen molar-refractivity contribution in [1.29, 1.82) is 0 Å². The second-order valence-electron chi connectivity index (χ2n) is 6.50. The van der Waals surface area contributed by atoms with E-state index in [1.54, 1.807) is 17.8 Å². The van der Waals surface area contributed by atoms with Crippen molar-refractivity contribution in [3.63, 3.8) is 0 Å². The summed E-state index contributed by atoms with van der Waals surface area (Å²) < 4.78 is 25.5. The van der Waals surface area contributed by atoms with Crippen LogP contribution in [-0.4, -0.2) is 14.7 Å². The van der Waals surface area contributed by atoms with Crippen LogP contribution in [0.4, 0.5) is 5.69 Å². The van der Waals surface area contributed by atoms with Gasteiger partial charge in [-0.05, 0) is 58.4 Å². The van der Waals surface area contributed by atoms with Crippen LogP contribution in [0, 0.1) is 0 Å². The highest BCUT2D eigenvalue weighted by molar-refractivity contribution is 8.05. The second kappa shape index (κ2) is 6.82. The number of anilines is 1. The van der Waals surface area contributed by atoms with Gasteiger partial charge >= 0.3 is 0 Å². The summed E-state index contributed by atoms with van der Waals surface area (Å²) in [5.74, 6) is 0. The fourth-order valence-electron chi connectivity index (χ4n) is 3.42. The van der Waals surface area contributed by atoms with E-state index in [1.807, 2.05) is 18.2 Å². The Kier molecular flexibility index (Phi) is 4.51. The standard InChI is InChI=1S/C21H19NO2S2/c1-26(23,24)22-18-8-5-6-15(13-18)12-17-10-11-25-20-14-16-7-3-2-4-9-19(16)21(17)20/h2-6,8-13,22H,7,14H2,1H3. The molecule has 0 saturated heterocycles. The van der Waals surface area contributed by atoms with E-state index in [0.717, 1.165) is 24.7 Å². The lowest BCUT2D eigenvalue weighted by molar-refractivity contribution is 0.607. The Morgan fingerprint density at radius 2 is 2.08 bits per heavy atom. The first-order chi connectivity index (χ1) is 12.5. The molecular formula is C21H19NO2S2. The van der Waals surface area contributed by atoms with Gasteiger partial charge in [0.05, 0.1) is 6.26 Å². The van der Waals surface area contributed by atoms with Crippen molar-refractivity contribution in [3.05, 3.63) is 92.8 Å². The molecule has 1 heterocycles. The van der Waals surface area contributed by atoms with E-state index < -0.39 is 10.0 Å². The molecule has 3 aliphatic rings. The van der Waals surface area contributed by atoms with Gasteiger partial charge in [-0.2, -0.15) is 0 Å². The van der Waals surface area contributed by atoms with Gasteiger partial charge in [-0.1, -0.05) is 42.0 Å². The molecule has 0 atom stereocenters. The molecule has 0 bridgehead atoms. The van der Waals surface area contributed by atoms with E-state index in [0.29, 0.717) is 5.69 Å². The maximum Gasteiger partial charge on any atom is 0.229 e. The number of allylic oxidation sites excluding steroid dienone is 10. The van der Waals surface area contributed by atoms with Crippen molar-refractivity contribution in [1.82, 2.24) is 0 Å². The molecule has 1 aromatic carbocycles. The second-order valence-corrected chi connectivity index (χ2v) is 9.25. The lowest BCUT2D eigenvalue weighted by Crippen LogP contribution is -2.09. The quantitative estimate of drug-likeness (QED) is 0.785. The molecule has 0 radical (unpaired) electrons. The summed E-state index contributed by atoms with van der Waals surface area (Å²) in [5, 5.41) is 2.13. The number of thioether (sulfide) groups is 1. The van der Waals surface area contributed by atoms with Crippen molar-refractivity contribution in [2.24, 2.45) is 0 Å². The van der Waals surface area contributed by atoms with Crippen LogP contribution in [0.25, 0.3) is 6.08 Å². The monoisotopic (exact) mass is 381 g/mol. The highest BCUT2D eigenvalue weighted by Crippen LogP contribution is 2.48. The molecule has 1 aromatic rings. The smallest absolute Gasteiger partial charge is 0.229 e. The van der Waals surface area contributed by atoms with Crippen LogP contribution >= 0.6 is 11.8 Å². The fraction of sp³-hybridized carbons (Fsp3) is 0.143. The summed E-state index contributed by atoms with van der Waals surface area (Å²) in [6, 6.07) is 7.48. The molecule has 0 spiro atoms. The number of rotatable bonds is 3. The van der Waals surface area contributed by atoms with Crippen molar-refractivity contribution < 1.29 is 8.42 Å². The molecule has 0 saturated carbocycles. The van der Waals surface area contributed by atoms with Crippen LogP contribution in [0.3, 0.4) is 0 Å². The summed E-state index contributed by atoms with van der Waals surface area (Å²) >= 11 is 1.80. The molecule has 0 unspecified atom stereocenters. The zero-order valence-corrected chi connectivity index (χ0v) is 16.0. The van der Waals surface area contributed by atoms with Gasteiger partial charge in [0.2, 0.25) is 10.0 Å². The van der Waals surface area contributed by atoms with Crippen molar-refractivity contribution in [2.75, 3.05) is 11.0 Å². The average molecular weight is 382 g/mol. The Bertz CT molecular complexity index is 1050. The predicted molar refractivity (Wildman–Crippen MR) is 111 cm³/mol. The van der Waals surface area contributed by atoms with E-state index in [2.05, 4.69) is 46.6 Å². The van der Waals surface area contributed by atoms with Crippen LogP contribution in [0.1, 0.15) is 18.4 Å². The highest BCUT2D eigenvalue weighted by atomic mass is 32.2. The van der Waals surface area contributed by atoms with Crippen LogP contribution in [0.5, 0.6) is 0 Å². The number of sulfonamides is 1. The van der Waals surface area contributed by atoms with E-state index in [-0.39, 0.29) is 0 Å². The highest BCUT2D eigenvalue weighted by Gasteiger charge is 2.26. The van der Waals surface area contributed by atoms with Crippen LogP contribution in [0.15, 0.2) is 87.3 Å². The Hall–Kier alpha value is -2.24. The summed E-state index contributed by atoms with van der Waals surface area (Å²) in [7, 11) is -3.28. The summed E-state index contributed by atoms with van der Waals surface area (Å²) in [6.07, 6.45) is 16.1. The molecule has 5 heteroatoms. The third kappa shape index (κ3) is 3.64. The zero-order chi connectivity index (χ0) is 18.1. The molecule has 3 nitrogen and oxygen atoms in total. The molecule has 0 fully saturated rings. The maximum absolute atomic E-state index is 11.5. The number of benzene rings is 1. The van der Waals surface area contributed by atoms with Gasteiger partial charge in [0.1, 0.15) is 0 Å². The number of nitrogens with one attached hydrogen (secondary N) is 1. The predicted octanol–water partition coefficient (Wildman–Crippen LogP) is 5.17. The van der Waals surface area contributed by atoms with Crippen molar-refractivity contribution in [3.8, 4) is 0 Å². The topological polar surface area (TPSA) is 46.2 Å². The fourth-order valence-corrected chi connectivity index (χ4v) is 4.96. The Labute approximate surface area is 158 Å². The van der Waals surface area contributed by atoms with Crippen molar-refractivity contribution in [2.45, 2.75) is 12.8 Å². The summed E-state index contributed by atoms with van der Waals surface area (Å²) in [6.45, 7) is 0. The Morgan fingerprint density at radius 1 is 1.19 bits per heavy atom. The van der Waals surface area contributed by atoms with Gasteiger partial charge in [-0.25, -0.2) is 8.42 Å². The molecule has 132 valence electrons. The molecule has 2 aliphatic carbocycles. The first-order valence-electron chi connectivity index (χ1n) is 8.41. The Morgan fingerprint density at radius 3 is 2.92 bits per heavy atom. The van der Waals surface area contributed by atoms with Gasteiger partial charge in [-0.3, -0.25) is 4.72 Å². The summed E-state index contributed by atoms with van der Waals surface area (Å²) in [4.78, 5) is 1.40. The lowest BCUT2D eigenvalue weighted by atomic mass is 9.96. The number of fused-ring (bicyclic) bond motifs is 1. The third-order valence-corrected chi connectivity index (χ3v) is 5.95. The first kappa shape index (κ1) is 17.2. The third-order valence-electron chi connectivity index (χ3n) is 4.44. The van der Waals surface area contributed by atoms with E-state index in [1.165, 1.54) is 27.2 Å². The van der Waals surface area contributed by atoms with E-state index in [9.17, 15) is 8.42 Å². The molecule has 1 aliphatic heterocycles. The molecule has 0 aromatic heterocycles. The SMILES string of the molecule is CS(=O)(=O)Nc1cccc(C=C2C=CSC3=C2C2=C(CC=CC=C2)C3)c1. The van der Waals surface area contributed by atoms with Crippen LogP contribution in [0.2, 0.25) is 0 Å². The Balaban J connectivity index is 1.71.